The van der Waals surface area contributed by atoms with Crippen LogP contribution in [0.4, 0.5) is 0 Å². The van der Waals surface area contributed by atoms with Crippen molar-refractivity contribution < 1.29 is 4.79 Å². The van der Waals surface area contributed by atoms with Crippen LogP contribution < -0.4 is 0 Å². The third-order valence-electron chi connectivity index (χ3n) is 5.38. The number of hydrogen-bond donors (Lipinski definition) is 0. The number of amides is 1. The summed E-state index contributed by atoms with van der Waals surface area (Å²) in [6.07, 6.45) is 3.42. The van der Waals surface area contributed by atoms with Crippen molar-refractivity contribution in [3.8, 4) is 0 Å². The molecule has 124 valence electrons. The lowest BCUT2D eigenvalue weighted by atomic mass is 9.96. The Morgan fingerprint density at radius 2 is 1.67 bits per heavy atom. The molecule has 0 unspecified atom stereocenters. The molecule has 2 aliphatic rings. The second kappa shape index (κ2) is 6.78. The molecule has 1 amide bonds. The van der Waals surface area contributed by atoms with E-state index in [2.05, 4.69) is 29.2 Å². The fraction of sp³-hybridized carbons (Fsp3) is 0.381. The van der Waals surface area contributed by atoms with Gasteiger partial charge in [0.1, 0.15) is 0 Å². The molecule has 0 spiro atoms. The molecule has 2 heterocycles. The van der Waals surface area contributed by atoms with Crippen LogP contribution in [0.1, 0.15) is 34.3 Å². The van der Waals surface area contributed by atoms with Crippen molar-refractivity contribution in [2.24, 2.45) is 0 Å². The molecule has 1 saturated heterocycles. The minimum atomic E-state index is 0.178. The van der Waals surface area contributed by atoms with Crippen molar-refractivity contribution in [2.45, 2.75) is 31.8 Å². The number of rotatable bonds is 2. The molecule has 0 aliphatic carbocycles. The minimum Gasteiger partial charge on any atom is -0.337 e. The highest BCUT2D eigenvalue weighted by Gasteiger charge is 2.30. The molecular formula is C21H24N2O. The number of carbonyl (C=O) groups excluding carboxylic acids is 1. The number of piperidine rings is 1. The fourth-order valence-corrected chi connectivity index (χ4v) is 4.03. The third-order valence-corrected chi connectivity index (χ3v) is 5.38. The molecule has 0 saturated carbocycles. The van der Waals surface area contributed by atoms with E-state index in [0.717, 1.165) is 44.6 Å². The predicted octanol–water partition coefficient (Wildman–Crippen LogP) is 3.35. The summed E-state index contributed by atoms with van der Waals surface area (Å²) in [6.45, 7) is 3.87. The Morgan fingerprint density at radius 3 is 2.50 bits per heavy atom. The molecule has 4 rings (SSSR count). The maximum absolute atomic E-state index is 12.7. The SMILES string of the molecule is O=C(c1ccccc1)N1CCC[C@H](N2CCc3ccccc3C2)C1. The van der Waals surface area contributed by atoms with Crippen LogP contribution >= 0.6 is 0 Å². The highest BCUT2D eigenvalue weighted by Crippen LogP contribution is 2.25. The van der Waals surface area contributed by atoms with Crippen LogP contribution in [-0.2, 0) is 13.0 Å². The molecule has 0 bridgehead atoms. The van der Waals surface area contributed by atoms with Gasteiger partial charge in [-0.05, 0) is 42.5 Å². The molecule has 3 nitrogen and oxygen atoms in total. The summed E-state index contributed by atoms with van der Waals surface area (Å²) in [6, 6.07) is 18.9. The monoisotopic (exact) mass is 320 g/mol. The van der Waals surface area contributed by atoms with Crippen molar-refractivity contribution in [1.29, 1.82) is 0 Å². The minimum absolute atomic E-state index is 0.178. The van der Waals surface area contributed by atoms with Crippen molar-refractivity contribution >= 4 is 5.91 Å². The topological polar surface area (TPSA) is 23.6 Å². The fourth-order valence-electron chi connectivity index (χ4n) is 4.03. The summed E-state index contributed by atoms with van der Waals surface area (Å²) >= 11 is 0. The quantitative estimate of drug-likeness (QED) is 0.847. The highest BCUT2D eigenvalue weighted by molar-refractivity contribution is 5.94. The molecule has 24 heavy (non-hydrogen) atoms. The van der Waals surface area contributed by atoms with E-state index in [1.54, 1.807) is 0 Å². The lowest BCUT2D eigenvalue weighted by Gasteiger charge is -2.41. The van der Waals surface area contributed by atoms with Gasteiger partial charge in [-0.3, -0.25) is 9.69 Å². The van der Waals surface area contributed by atoms with E-state index < -0.39 is 0 Å². The Hall–Kier alpha value is -2.13. The first-order chi connectivity index (χ1) is 11.8. The van der Waals surface area contributed by atoms with Crippen molar-refractivity contribution in [1.82, 2.24) is 9.80 Å². The van der Waals surface area contributed by atoms with Gasteiger partial charge in [-0.15, -0.1) is 0 Å². The average Bonchev–Trinajstić information content (AvgIpc) is 2.68. The zero-order valence-corrected chi connectivity index (χ0v) is 14.0. The van der Waals surface area contributed by atoms with Gasteiger partial charge in [0.05, 0.1) is 0 Å². The third kappa shape index (κ3) is 3.09. The van der Waals surface area contributed by atoms with Gasteiger partial charge >= 0.3 is 0 Å². The molecule has 3 heteroatoms. The van der Waals surface area contributed by atoms with Gasteiger partial charge in [-0.1, -0.05) is 42.5 Å². The number of likely N-dealkylation sites (tertiary alicyclic amines) is 1. The van der Waals surface area contributed by atoms with E-state index in [1.807, 2.05) is 35.2 Å². The number of fused-ring (bicyclic) bond motifs is 1. The molecule has 1 atom stereocenters. The first kappa shape index (κ1) is 15.4. The van der Waals surface area contributed by atoms with Crippen molar-refractivity contribution in [3.63, 3.8) is 0 Å². The van der Waals surface area contributed by atoms with Crippen LogP contribution in [0.3, 0.4) is 0 Å². The van der Waals surface area contributed by atoms with Crippen LogP contribution in [0.25, 0.3) is 0 Å². The normalized spacial score (nSPS) is 21.3. The summed E-state index contributed by atoms with van der Waals surface area (Å²) in [5, 5.41) is 0. The summed E-state index contributed by atoms with van der Waals surface area (Å²) in [5.41, 5.74) is 3.75. The zero-order valence-electron chi connectivity index (χ0n) is 14.0. The Balaban J connectivity index is 1.45. The molecule has 0 radical (unpaired) electrons. The molecule has 1 fully saturated rings. The van der Waals surface area contributed by atoms with Crippen LogP contribution in [0.5, 0.6) is 0 Å². The largest absolute Gasteiger partial charge is 0.337 e. The van der Waals surface area contributed by atoms with Gasteiger partial charge in [0.25, 0.3) is 5.91 Å². The maximum Gasteiger partial charge on any atom is 0.253 e. The van der Waals surface area contributed by atoms with E-state index in [1.165, 1.54) is 17.5 Å². The van der Waals surface area contributed by atoms with Crippen LogP contribution in [0.2, 0.25) is 0 Å². The average molecular weight is 320 g/mol. The molecular weight excluding hydrogens is 296 g/mol. The second-order valence-electron chi connectivity index (χ2n) is 6.90. The van der Waals surface area contributed by atoms with Gasteiger partial charge in [-0.2, -0.15) is 0 Å². The molecule has 2 aromatic rings. The molecule has 0 N–H and O–H groups in total. The standard InChI is InChI=1S/C21H24N2O/c24-21(18-8-2-1-3-9-18)23-13-6-11-20(16-23)22-14-12-17-7-4-5-10-19(17)15-22/h1-5,7-10,20H,6,11-16H2/t20-/m0/s1. The lowest BCUT2D eigenvalue weighted by molar-refractivity contribution is 0.0549. The first-order valence-electron chi connectivity index (χ1n) is 8.96. The van der Waals surface area contributed by atoms with Crippen molar-refractivity contribution in [2.75, 3.05) is 19.6 Å². The van der Waals surface area contributed by atoms with Crippen LogP contribution in [0.15, 0.2) is 54.6 Å². The van der Waals surface area contributed by atoms with E-state index >= 15 is 0 Å². The number of benzene rings is 2. The van der Waals surface area contributed by atoms with Crippen molar-refractivity contribution in [3.05, 3.63) is 71.3 Å². The van der Waals surface area contributed by atoms with Crippen LogP contribution in [0, 0.1) is 0 Å². The Morgan fingerprint density at radius 1 is 0.917 bits per heavy atom. The molecule has 0 aromatic heterocycles. The molecule has 2 aliphatic heterocycles. The van der Waals surface area contributed by atoms with Gasteiger partial charge in [0.2, 0.25) is 0 Å². The summed E-state index contributed by atoms with van der Waals surface area (Å²) in [5.74, 6) is 0.178. The Kier molecular flexibility index (Phi) is 4.35. The summed E-state index contributed by atoms with van der Waals surface area (Å²) < 4.78 is 0. The Bertz CT molecular complexity index is 713. The van der Waals surface area contributed by atoms with Gasteiger partial charge in [0, 0.05) is 37.8 Å². The van der Waals surface area contributed by atoms with E-state index in [-0.39, 0.29) is 5.91 Å². The lowest BCUT2D eigenvalue weighted by Crippen LogP contribution is -2.51. The van der Waals surface area contributed by atoms with E-state index in [4.69, 9.17) is 0 Å². The van der Waals surface area contributed by atoms with Gasteiger partial charge < -0.3 is 4.90 Å². The molecule has 2 aromatic carbocycles. The highest BCUT2D eigenvalue weighted by atomic mass is 16.2. The van der Waals surface area contributed by atoms with Gasteiger partial charge in [0.15, 0.2) is 0 Å². The smallest absolute Gasteiger partial charge is 0.253 e. The number of nitrogens with zero attached hydrogens (tertiary/aromatic N) is 2. The van der Waals surface area contributed by atoms with Gasteiger partial charge in [-0.25, -0.2) is 0 Å². The summed E-state index contributed by atoms with van der Waals surface area (Å²) in [4.78, 5) is 17.4. The predicted molar refractivity (Wildman–Crippen MR) is 95.9 cm³/mol. The Labute approximate surface area is 143 Å². The van der Waals surface area contributed by atoms with E-state index in [0.29, 0.717) is 6.04 Å². The number of carbonyl (C=O) groups is 1. The van der Waals surface area contributed by atoms with Crippen LogP contribution in [-0.4, -0.2) is 41.4 Å². The zero-order chi connectivity index (χ0) is 16.4. The first-order valence-corrected chi connectivity index (χ1v) is 8.96. The summed E-state index contributed by atoms with van der Waals surface area (Å²) in [7, 11) is 0. The number of hydrogen-bond acceptors (Lipinski definition) is 2. The second-order valence-corrected chi connectivity index (χ2v) is 6.90. The maximum atomic E-state index is 12.7. The van der Waals surface area contributed by atoms with E-state index in [9.17, 15) is 4.79 Å².